The maximum atomic E-state index is 11.4. The van der Waals surface area contributed by atoms with Crippen molar-refractivity contribution >= 4 is 5.97 Å². The number of likely N-dealkylation sites (N-methyl/N-ethyl adjacent to an activating group) is 1. The quantitative estimate of drug-likeness (QED) is 0.687. The molecule has 0 saturated carbocycles. The predicted octanol–water partition coefficient (Wildman–Crippen LogP) is 2.01. The summed E-state index contributed by atoms with van der Waals surface area (Å²) in [5.74, 6) is -0.134. The zero-order valence-electron chi connectivity index (χ0n) is 12.9. The average molecular weight is 258 g/mol. The van der Waals surface area contributed by atoms with Gasteiger partial charge in [0.05, 0.1) is 5.41 Å². The summed E-state index contributed by atoms with van der Waals surface area (Å²) in [5, 5.41) is 9.36. The summed E-state index contributed by atoms with van der Waals surface area (Å²) in [7, 11) is 4.09. The lowest BCUT2D eigenvalue weighted by Crippen LogP contribution is -2.44. The van der Waals surface area contributed by atoms with Crippen molar-refractivity contribution < 1.29 is 9.90 Å². The molecule has 0 bridgehead atoms. The third-order valence-corrected chi connectivity index (χ3v) is 3.36. The van der Waals surface area contributed by atoms with Crippen LogP contribution in [-0.4, -0.2) is 61.2 Å². The van der Waals surface area contributed by atoms with Crippen LogP contribution >= 0.6 is 0 Å². The molecule has 0 aromatic heterocycles. The van der Waals surface area contributed by atoms with E-state index in [-0.39, 0.29) is 0 Å². The van der Waals surface area contributed by atoms with Crippen molar-refractivity contribution in [2.24, 2.45) is 11.3 Å². The van der Waals surface area contributed by atoms with Crippen LogP contribution < -0.4 is 0 Å². The number of carbonyl (C=O) groups is 1. The smallest absolute Gasteiger partial charge is 0.310 e. The molecule has 18 heavy (non-hydrogen) atoms. The largest absolute Gasteiger partial charge is 0.481 e. The van der Waals surface area contributed by atoms with E-state index in [2.05, 4.69) is 23.6 Å². The van der Waals surface area contributed by atoms with Gasteiger partial charge in [0.1, 0.15) is 0 Å². The fourth-order valence-electron chi connectivity index (χ4n) is 1.92. The second-order valence-corrected chi connectivity index (χ2v) is 6.15. The van der Waals surface area contributed by atoms with E-state index in [1.54, 1.807) is 0 Å². The first-order chi connectivity index (χ1) is 8.21. The molecule has 0 saturated heterocycles. The molecular weight excluding hydrogens is 228 g/mol. The van der Waals surface area contributed by atoms with Gasteiger partial charge in [-0.2, -0.15) is 0 Å². The van der Waals surface area contributed by atoms with Crippen LogP contribution in [0.5, 0.6) is 0 Å². The van der Waals surface area contributed by atoms with Gasteiger partial charge in [-0.3, -0.25) is 4.79 Å². The molecule has 0 radical (unpaired) electrons. The van der Waals surface area contributed by atoms with Crippen LogP contribution in [0.1, 0.15) is 34.1 Å². The zero-order chi connectivity index (χ0) is 14.3. The van der Waals surface area contributed by atoms with Crippen LogP contribution in [0, 0.1) is 11.3 Å². The summed E-state index contributed by atoms with van der Waals surface area (Å²) in [4.78, 5) is 15.8. The fraction of sp³-hybridized carbons (Fsp3) is 0.929. The predicted molar refractivity (Wildman–Crippen MR) is 75.9 cm³/mol. The van der Waals surface area contributed by atoms with Crippen LogP contribution in [0.4, 0.5) is 0 Å². The lowest BCUT2D eigenvalue weighted by Gasteiger charge is -2.33. The molecule has 0 aliphatic rings. The number of nitrogens with zero attached hydrogens (tertiary/aromatic N) is 2. The number of carboxylic acids is 1. The highest BCUT2D eigenvalue weighted by Crippen LogP contribution is 2.23. The number of aliphatic carboxylic acids is 1. The van der Waals surface area contributed by atoms with E-state index in [4.69, 9.17) is 0 Å². The third-order valence-electron chi connectivity index (χ3n) is 3.36. The van der Waals surface area contributed by atoms with Crippen molar-refractivity contribution in [1.29, 1.82) is 0 Å². The molecular formula is C14H30N2O2. The standard InChI is InChI=1S/C14H30N2O2/c1-7-14(4,13(17)18)11-16(10-12(2)3)9-8-15(5)6/h12H,7-11H2,1-6H3,(H,17,18). The first-order valence-electron chi connectivity index (χ1n) is 6.81. The summed E-state index contributed by atoms with van der Waals surface area (Å²) in [6, 6.07) is 0. The number of carboxylic acid groups (broad SMARTS) is 1. The van der Waals surface area contributed by atoms with Gasteiger partial charge in [0.25, 0.3) is 0 Å². The highest BCUT2D eigenvalue weighted by Gasteiger charge is 2.33. The van der Waals surface area contributed by atoms with Crippen molar-refractivity contribution in [3.05, 3.63) is 0 Å². The van der Waals surface area contributed by atoms with Crippen molar-refractivity contribution in [3.8, 4) is 0 Å². The normalized spacial score (nSPS) is 15.4. The van der Waals surface area contributed by atoms with Crippen LogP contribution in [0.15, 0.2) is 0 Å². The van der Waals surface area contributed by atoms with E-state index < -0.39 is 11.4 Å². The molecule has 0 aromatic carbocycles. The summed E-state index contributed by atoms with van der Waals surface area (Å²) in [6.07, 6.45) is 0.666. The van der Waals surface area contributed by atoms with Gasteiger partial charge in [0, 0.05) is 26.2 Å². The molecule has 0 heterocycles. The number of hydrogen-bond acceptors (Lipinski definition) is 3. The van der Waals surface area contributed by atoms with Gasteiger partial charge in [-0.15, -0.1) is 0 Å². The average Bonchev–Trinajstić information content (AvgIpc) is 2.24. The van der Waals surface area contributed by atoms with Crippen molar-refractivity contribution in [3.63, 3.8) is 0 Å². The van der Waals surface area contributed by atoms with E-state index in [0.717, 1.165) is 19.6 Å². The maximum Gasteiger partial charge on any atom is 0.310 e. The Balaban J connectivity index is 4.59. The monoisotopic (exact) mass is 258 g/mol. The van der Waals surface area contributed by atoms with Crippen LogP contribution in [-0.2, 0) is 4.79 Å². The molecule has 4 nitrogen and oxygen atoms in total. The van der Waals surface area contributed by atoms with Gasteiger partial charge >= 0.3 is 5.97 Å². The summed E-state index contributed by atoms with van der Waals surface area (Å²) in [5.41, 5.74) is -0.638. The van der Waals surface area contributed by atoms with Gasteiger partial charge in [-0.25, -0.2) is 0 Å². The summed E-state index contributed by atoms with van der Waals surface area (Å²) < 4.78 is 0. The molecule has 4 heteroatoms. The maximum absolute atomic E-state index is 11.4. The molecule has 108 valence electrons. The van der Waals surface area contributed by atoms with E-state index >= 15 is 0 Å². The highest BCUT2D eigenvalue weighted by molar-refractivity contribution is 5.74. The van der Waals surface area contributed by atoms with Crippen LogP contribution in [0.3, 0.4) is 0 Å². The van der Waals surface area contributed by atoms with Crippen molar-refractivity contribution in [2.45, 2.75) is 34.1 Å². The molecule has 1 N–H and O–H groups in total. The molecule has 0 aliphatic carbocycles. The lowest BCUT2D eigenvalue weighted by atomic mass is 9.87. The van der Waals surface area contributed by atoms with Crippen molar-refractivity contribution in [1.82, 2.24) is 9.80 Å². The van der Waals surface area contributed by atoms with E-state index in [1.807, 2.05) is 27.9 Å². The van der Waals surface area contributed by atoms with Crippen molar-refractivity contribution in [2.75, 3.05) is 40.3 Å². The Bertz CT molecular complexity index is 254. The van der Waals surface area contributed by atoms with Crippen LogP contribution in [0.25, 0.3) is 0 Å². The summed E-state index contributed by atoms with van der Waals surface area (Å²) >= 11 is 0. The van der Waals surface area contributed by atoms with Crippen LogP contribution in [0.2, 0.25) is 0 Å². The Morgan fingerprint density at radius 3 is 2.17 bits per heavy atom. The first kappa shape index (κ1) is 17.4. The van der Waals surface area contributed by atoms with Gasteiger partial charge in [-0.05, 0) is 33.4 Å². The molecule has 0 spiro atoms. The van der Waals surface area contributed by atoms with Gasteiger partial charge < -0.3 is 14.9 Å². The molecule has 0 fully saturated rings. The molecule has 0 aliphatic heterocycles. The number of rotatable bonds is 9. The molecule has 0 amide bonds. The lowest BCUT2D eigenvalue weighted by molar-refractivity contribution is -0.149. The number of hydrogen-bond donors (Lipinski definition) is 1. The Morgan fingerprint density at radius 1 is 1.28 bits per heavy atom. The second-order valence-electron chi connectivity index (χ2n) is 6.15. The van der Waals surface area contributed by atoms with E-state index in [0.29, 0.717) is 18.9 Å². The highest BCUT2D eigenvalue weighted by atomic mass is 16.4. The Kier molecular flexibility index (Phi) is 7.48. The van der Waals surface area contributed by atoms with E-state index in [9.17, 15) is 9.90 Å². The molecule has 1 atom stereocenters. The fourth-order valence-corrected chi connectivity index (χ4v) is 1.92. The Hall–Kier alpha value is -0.610. The minimum atomic E-state index is -0.691. The second kappa shape index (κ2) is 7.74. The Labute approximate surface area is 112 Å². The topological polar surface area (TPSA) is 43.8 Å². The Morgan fingerprint density at radius 2 is 1.83 bits per heavy atom. The van der Waals surface area contributed by atoms with E-state index in [1.165, 1.54) is 0 Å². The minimum Gasteiger partial charge on any atom is -0.481 e. The SMILES string of the molecule is CCC(C)(CN(CCN(C)C)CC(C)C)C(=O)O. The van der Waals surface area contributed by atoms with Gasteiger partial charge in [-0.1, -0.05) is 20.8 Å². The third kappa shape index (κ3) is 6.36. The minimum absolute atomic E-state index is 0.557. The van der Waals surface area contributed by atoms with Gasteiger partial charge in [0.2, 0.25) is 0 Å². The first-order valence-corrected chi connectivity index (χ1v) is 6.81. The molecule has 0 aromatic rings. The zero-order valence-corrected chi connectivity index (χ0v) is 12.9. The molecule has 1 unspecified atom stereocenters. The van der Waals surface area contributed by atoms with Gasteiger partial charge in [0.15, 0.2) is 0 Å². The molecule has 0 rings (SSSR count). The summed E-state index contributed by atoms with van der Waals surface area (Å²) in [6.45, 7) is 11.6.